The largest absolute Gasteiger partial charge is 0.495 e. The summed E-state index contributed by atoms with van der Waals surface area (Å²) in [5, 5.41) is 10.8. The van der Waals surface area contributed by atoms with Crippen LogP contribution in [0.5, 0.6) is 0 Å². The van der Waals surface area contributed by atoms with E-state index in [2.05, 4.69) is 11.9 Å². The van der Waals surface area contributed by atoms with Crippen LogP contribution in [0, 0.1) is 0 Å². The van der Waals surface area contributed by atoms with Gasteiger partial charge in [-0.1, -0.05) is 0 Å². The fourth-order valence-corrected chi connectivity index (χ4v) is 0.275. The van der Waals surface area contributed by atoms with E-state index in [1.54, 1.807) is 0 Å². The summed E-state index contributed by atoms with van der Waals surface area (Å²) >= 11 is 0. The van der Waals surface area contributed by atoms with Crippen LogP contribution < -0.4 is 5.32 Å². The molecule has 0 spiro atoms. The zero-order valence-corrected chi connectivity index (χ0v) is 4.55. The molecule has 0 saturated carbocycles. The Hall–Kier alpha value is -0.990. The topological polar surface area (TPSA) is 49.3 Å². The summed E-state index contributed by atoms with van der Waals surface area (Å²) in [7, 11) is 0. The number of carbonyl (C=O) groups excluding carboxylic acids is 1. The number of aliphatic hydroxyl groups excluding tert-OH is 1. The van der Waals surface area contributed by atoms with Gasteiger partial charge < -0.3 is 15.2 Å². The lowest BCUT2D eigenvalue weighted by Crippen LogP contribution is -2.13. The third-order valence-corrected chi connectivity index (χ3v) is 0.591. The third-order valence-electron chi connectivity index (χ3n) is 0.591. The van der Waals surface area contributed by atoms with E-state index in [0.717, 1.165) is 6.29 Å². The van der Waals surface area contributed by atoms with Gasteiger partial charge in [0.2, 0.25) is 0 Å². The maximum absolute atomic E-state index is 9.64. The van der Waals surface area contributed by atoms with Crippen molar-refractivity contribution in [2.75, 3.05) is 6.54 Å². The van der Waals surface area contributed by atoms with Crippen molar-refractivity contribution in [3.8, 4) is 0 Å². The minimum Gasteiger partial charge on any atom is -0.495 e. The van der Waals surface area contributed by atoms with E-state index in [1.165, 1.54) is 0 Å². The number of nitrogens with one attached hydrogen (secondary N) is 1. The van der Waals surface area contributed by atoms with Crippen LogP contribution in [0.25, 0.3) is 0 Å². The van der Waals surface area contributed by atoms with Crippen molar-refractivity contribution in [3.63, 3.8) is 0 Å². The molecule has 0 aliphatic heterocycles. The fraction of sp³-hybridized carbons (Fsp3) is 0.400. The molecular formula is C5H9NO2. The molecule has 2 N–H and O–H groups in total. The van der Waals surface area contributed by atoms with Gasteiger partial charge in [-0.15, -0.1) is 0 Å². The number of aliphatic hydroxyl groups is 1. The summed E-state index contributed by atoms with van der Waals surface area (Å²) in [5.74, 6) is -0.0909. The zero-order valence-electron chi connectivity index (χ0n) is 4.55. The molecule has 0 aromatic carbocycles. The average molecular weight is 115 g/mol. The molecular weight excluding hydrogens is 106 g/mol. The molecule has 46 valence electrons. The van der Waals surface area contributed by atoms with Crippen molar-refractivity contribution in [3.05, 3.63) is 12.5 Å². The molecule has 0 amide bonds. The Bertz CT molecular complexity index is 90.4. The maximum Gasteiger partial charge on any atom is 0.176 e. The molecule has 0 aliphatic rings. The highest BCUT2D eigenvalue weighted by molar-refractivity contribution is 5.49. The Balaban J connectivity index is 2.93. The molecule has 0 radical (unpaired) electrons. The Kier molecular flexibility index (Phi) is 3.66. The molecule has 0 saturated heterocycles. The van der Waals surface area contributed by atoms with Crippen LogP contribution in [0.1, 0.15) is 6.42 Å². The van der Waals surface area contributed by atoms with Gasteiger partial charge in [0.25, 0.3) is 0 Å². The van der Waals surface area contributed by atoms with Crippen molar-refractivity contribution in [1.82, 2.24) is 5.32 Å². The van der Waals surface area contributed by atoms with E-state index >= 15 is 0 Å². The highest BCUT2D eigenvalue weighted by Crippen LogP contribution is 1.72. The second kappa shape index (κ2) is 4.18. The molecule has 0 atom stereocenters. The summed E-state index contributed by atoms with van der Waals surface area (Å²) in [6, 6.07) is 0. The molecule has 3 nitrogen and oxygen atoms in total. The molecule has 0 unspecified atom stereocenters. The quantitative estimate of drug-likeness (QED) is 0.312. The minimum absolute atomic E-state index is 0.0909. The van der Waals surface area contributed by atoms with E-state index in [4.69, 9.17) is 5.11 Å². The monoisotopic (exact) mass is 115 g/mol. The first-order valence-electron chi connectivity index (χ1n) is 2.32. The second-order valence-electron chi connectivity index (χ2n) is 1.33. The molecule has 0 rings (SSSR count). The second-order valence-corrected chi connectivity index (χ2v) is 1.33. The number of hydrogen-bond acceptors (Lipinski definition) is 3. The van der Waals surface area contributed by atoms with Crippen molar-refractivity contribution in [2.45, 2.75) is 6.42 Å². The van der Waals surface area contributed by atoms with Crippen molar-refractivity contribution < 1.29 is 9.90 Å². The molecule has 0 aliphatic carbocycles. The van der Waals surface area contributed by atoms with Gasteiger partial charge in [0.1, 0.15) is 6.29 Å². The maximum atomic E-state index is 9.64. The van der Waals surface area contributed by atoms with Gasteiger partial charge >= 0.3 is 0 Å². The average Bonchev–Trinajstić information content (AvgIpc) is 1.66. The molecule has 8 heavy (non-hydrogen) atoms. The molecule has 0 aromatic rings. The first-order chi connectivity index (χ1) is 3.77. The van der Waals surface area contributed by atoms with Gasteiger partial charge in [0.15, 0.2) is 5.88 Å². The Morgan fingerprint density at radius 3 is 2.88 bits per heavy atom. The first kappa shape index (κ1) is 7.01. The van der Waals surface area contributed by atoms with E-state index in [9.17, 15) is 4.79 Å². The van der Waals surface area contributed by atoms with Gasteiger partial charge in [0, 0.05) is 13.0 Å². The van der Waals surface area contributed by atoms with Crippen LogP contribution in [0.15, 0.2) is 12.5 Å². The normalized spacial score (nSPS) is 8.00. The van der Waals surface area contributed by atoms with Gasteiger partial charge in [-0.3, -0.25) is 0 Å². The zero-order chi connectivity index (χ0) is 6.41. The minimum atomic E-state index is -0.0909. The van der Waals surface area contributed by atoms with Crippen molar-refractivity contribution in [1.29, 1.82) is 0 Å². The van der Waals surface area contributed by atoms with E-state index in [0.29, 0.717) is 13.0 Å². The van der Waals surface area contributed by atoms with Crippen molar-refractivity contribution in [2.24, 2.45) is 0 Å². The molecule has 0 fully saturated rings. The van der Waals surface area contributed by atoms with E-state index in [1.807, 2.05) is 0 Å². The SMILES string of the molecule is C=C(O)NCCC=O. The fourth-order valence-electron chi connectivity index (χ4n) is 0.275. The summed E-state index contributed by atoms with van der Waals surface area (Å²) in [6.07, 6.45) is 1.18. The predicted octanol–water partition coefficient (Wildman–Crippen LogP) is 0.194. The number of hydrogen-bond donors (Lipinski definition) is 2. The highest BCUT2D eigenvalue weighted by atomic mass is 16.3. The van der Waals surface area contributed by atoms with Gasteiger partial charge in [-0.2, -0.15) is 0 Å². The smallest absolute Gasteiger partial charge is 0.176 e. The molecule has 3 heteroatoms. The van der Waals surface area contributed by atoms with Crippen LogP contribution in [-0.2, 0) is 4.79 Å². The number of aldehydes is 1. The number of rotatable bonds is 4. The van der Waals surface area contributed by atoms with Crippen LogP contribution in [0.3, 0.4) is 0 Å². The van der Waals surface area contributed by atoms with Crippen LogP contribution in [0.4, 0.5) is 0 Å². The molecule has 0 aromatic heterocycles. The molecule has 0 bridgehead atoms. The summed E-state index contributed by atoms with van der Waals surface area (Å²) in [6.45, 7) is 3.61. The molecule has 0 heterocycles. The lowest BCUT2D eigenvalue weighted by Gasteiger charge is -1.96. The Morgan fingerprint density at radius 1 is 1.88 bits per heavy atom. The van der Waals surface area contributed by atoms with E-state index < -0.39 is 0 Å². The predicted molar refractivity (Wildman–Crippen MR) is 30.5 cm³/mol. The summed E-state index contributed by atoms with van der Waals surface area (Å²) in [5.41, 5.74) is 0. The van der Waals surface area contributed by atoms with Gasteiger partial charge in [-0.05, 0) is 6.58 Å². The summed E-state index contributed by atoms with van der Waals surface area (Å²) in [4.78, 5) is 9.64. The van der Waals surface area contributed by atoms with Gasteiger partial charge in [0.05, 0.1) is 0 Å². The Morgan fingerprint density at radius 2 is 2.50 bits per heavy atom. The van der Waals surface area contributed by atoms with Gasteiger partial charge in [-0.25, -0.2) is 0 Å². The standard InChI is InChI=1S/C5H9NO2/c1-5(8)6-3-2-4-7/h4,6,8H,1-3H2. The van der Waals surface area contributed by atoms with E-state index in [-0.39, 0.29) is 5.88 Å². The Labute approximate surface area is 48.0 Å². The summed E-state index contributed by atoms with van der Waals surface area (Å²) < 4.78 is 0. The first-order valence-corrected chi connectivity index (χ1v) is 2.32. The van der Waals surface area contributed by atoms with Crippen LogP contribution >= 0.6 is 0 Å². The number of carbonyl (C=O) groups is 1. The third kappa shape index (κ3) is 5.01. The highest BCUT2D eigenvalue weighted by Gasteiger charge is 1.82. The van der Waals surface area contributed by atoms with Crippen molar-refractivity contribution >= 4 is 6.29 Å². The lowest BCUT2D eigenvalue weighted by molar-refractivity contribution is -0.107. The van der Waals surface area contributed by atoms with Crippen LogP contribution in [-0.4, -0.2) is 17.9 Å². The lowest BCUT2D eigenvalue weighted by atomic mass is 10.5. The van der Waals surface area contributed by atoms with Crippen LogP contribution in [0.2, 0.25) is 0 Å².